The zero-order valence-corrected chi connectivity index (χ0v) is 17.0. The molecule has 4 N–H and O–H groups in total. The molecule has 0 fully saturated rings. The van der Waals surface area contributed by atoms with Crippen molar-refractivity contribution in [2.45, 2.75) is 32.5 Å². The molecule has 0 saturated heterocycles. The molecule has 2 aromatic carbocycles. The predicted molar refractivity (Wildman–Crippen MR) is 109 cm³/mol. The summed E-state index contributed by atoms with van der Waals surface area (Å²) in [6, 6.07) is 7.39. The van der Waals surface area contributed by atoms with Crippen molar-refractivity contribution >= 4 is 17.4 Å². The number of nitrogens with one attached hydrogen (secondary N) is 2. The third-order valence-electron chi connectivity index (χ3n) is 4.84. The molecule has 1 amide bonds. The molecule has 0 saturated carbocycles. The van der Waals surface area contributed by atoms with Gasteiger partial charge in [-0.25, -0.2) is 4.39 Å². The Balaban J connectivity index is 1.67. The molecule has 0 spiro atoms. The molecule has 32 heavy (non-hydrogen) atoms. The van der Waals surface area contributed by atoms with E-state index in [1.54, 1.807) is 6.07 Å². The number of benzene rings is 2. The minimum absolute atomic E-state index is 0.0644. The maximum atomic E-state index is 14.1. The number of anilines is 1. The second-order valence-corrected chi connectivity index (χ2v) is 7.38. The highest BCUT2D eigenvalue weighted by Gasteiger charge is 2.30. The van der Waals surface area contributed by atoms with Crippen molar-refractivity contribution in [1.29, 1.82) is 0 Å². The Morgan fingerprint density at radius 3 is 2.47 bits per heavy atom. The molecule has 0 bridgehead atoms. The van der Waals surface area contributed by atoms with E-state index in [0.717, 1.165) is 12.1 Å². The van der Waals surface area contributed by atoms with Gasteiger partial charge in [-0.15, -0.1) is 0 Å². The summed E-state index contributed by atoms with van der Waals surface area (Å²) in [5.41, 5.74) is 6.71. The van der Waals surface area contributed by atoms with Crippen LogP contribution in [0.25, 0.3) is 0 Å². The molecular weight excluding hydrogens is 428 g/mol. The number of rotatable bonds is 8. The minimum Gasteiger partial charge on any atom is -0.378 e. The van der Waals surface area contributed by atoms with Crippen LogP contribution < -0.4 is 11.1 Å². The highest BCUT2D eigenvalue weighted by atomic mass is 19.4. The van der Waals surface area contributed by atoms with Gasteiger partial charge in [-0.05, 0) is 53.4 Å². The number of aromatic amines is 1. The summed E-state index contributed by atoms with van der Waals surface area (Å²) < 4.78 is 52.5. The molecule has 0 aliphatic rings. The van der Waals surface area contributed by atoms with E-state index in [1.165, 1.54) is 31.3 Å². The fourth-order valence-electron chi connectivity index (χ4n) is 3.30. The number of H-pyrrole nitrogens is 1. The lowest BCUT2D eigenvalue weighted by molar-refractivity contribution is -0.137. The van der Waals surface area contributed by atoms with E-state index < -0.39 is 23.5 Å². The van der Waals surface area contributed by atoms with Crippen molar-refractivity contribution in [3.63, 3.8) is 0 Å². The van der Waals surface area contributed by atoms with Crippen LogP contribution in [0.5, 0.6) is 0 Å². The molecule has 0 atom stereocenters. The molecule has 1 heterocycles. The van der Waals surface area contributed by atoms with Gasteiger partial charge >= 0.3 is 6.18 Å². The number of ketones is 1. The molecular formula is C22H20F4N4O2. The number of aromatic nitrogens is 2. The van der Waals surface area contributed by atoms with Crippen LogP contribution in [0.2, 0.25) is 0 Å². The summed E-state index contributed by atoms with van der Waals surface area (Å²) in [6.07, 6.45) is -3.22. The van der Waals surface area contributed by atoms with Gasteiger partial charge < -0.3 is 11.1 Å². The van der Waals surface area contributed by atoms with E-state index >= 15 is 0 Å². The molecule has 1 aromatic heterocycles. The third kappa shape index (κ3) is 5.71. The maximum Gasteiger partial charge on any atom is 0.416 e. The van der Waals surface area contributed by atoms with Gasteiger partial charge in [0, 0.05) is 19.4 Å². The van der Waals surface area contributed by atoms with Crippen LogP contribution in [-0.4, -0.2) is 21.9 Å². The molecule has 3 rings (SSSR count). The van der Waals surface area contributed by atoms with Gasteiger partial charge in [0.15, 0.2) is 0 Å². The summed E-state index contributed by atoms with van der Waals surface area (Å²) in [7, 11) is 0. The molecule has 10 heteroatoms. The van der Waals surface area contributed by atoms with Gasteiger partial charge in [0.25, 0.3) is 5.91 Å². The van der Waals surface area contributed by atoms with Crippen LogP contribution in [0.3, 0.4) is 0 Å². The predicted octanol–water partition coefficient (Wildman–Crippen LogP) is 3.94. The SMILES string of the molecule is Cc1cc(C(F)(F)F)ccc1CC(=O)Cc1cc(F)cc(CNc2cn[nH]c2C(N)=O)c1. The number of carbonyl (C=O) groups excluding carboxylic acids is 2. The van der Waals surface area contributed by atoms with Crippen molar-refractivity contribution in [3.05, 3.63) is 81.9 Å². The molecule has 0 radical (unpaired) electrons. The second kappa shape index (κ2) is 9.21. The second-order valence-electron chi connectivity index (χ2n) is 7.38. The largest absolute Gasteiger partial charge is 0.416 e. The molecule has 168 valence electrons. The number of nitrogens with zero attached hydrogens (tertiary/aromatic N) is 1. The van der Waals surface area contributed by atoms with Crippen molar-refractivity contribution in [2.24, 2.45) is 5.73 Å². The number of aryl methyl sites for hydroxylation is 1. The number of primary amides is 1. The summed E-state index contributed by atoms with van der Waals surface area (Å²) in [6.45, 7) is 1.66. The van der Waals surface area contributed by atoms with Gasteiger partial charge in [-0.3, -0.25) is 14.7 Å². The van der Waals surface area contributed by atoms with Crippen LogP contribution in [0.4, 0.5) is 23.2 Å². The van der Waals surface area contributed by atoms with Crippen molar-refractivity contribution in [2.75, 3.05) is 5.32 Å². The van der Waals surface area contributed by atoms with Gasteiger partial charge in [0.2, 0.25) is 0 Å². The first-order valence-electron chi connectivity index (χ1n) is 9.56. The fourth-order valence-corrected chi connectivity index (χ4v) is 3.30. The number of hydrogen-bond acceptors (Lipinski definition) is 4. The number of halogens is 4. The van der Waals surface area contributed by atoms with Gasteiger partial charge in [-0.1, -0.05) is 12.1 Å². The molecule has 3 aromatic rings. The van der Waals surface area contributed by atoms with Crippen molar-refractivity contribution in [1.82, 2.24) is 10.2 Å². The monoisotopic (exact) mass is 448 g/mol. The van der Waals surface area contributed by atoms with Crippen molar-refractivity contribution in [3.8, 4) is 0 Å². The third-order valence-corrected chi connectivity index (χ3v) is 4.84. The molecule has 6 nitrogen and oxygen atoms in total. The van der Waals surface area contributed by atoms with Crippen LogP contribution in [0.1, 0.15) is 38.3 Å². The first-order chi connectivity index (χ1) is 15.0. The van der Waals surface area contributed by atoms with E-state index in [4.69, 9.17) is 5.73 Å². The van der Waals surface area contributed by atoms with E-state index in [9.17, 15) is 27.2 Å². The fraction of sp³-hybridized carbons (Fsp3) is 0.227. The zero-order valence-electron chi connectivity index (χ0n) is 17.0. The normalized spacial score (nSPS) is 11.4. The van der Waals surface area contributed by atoms with Gasteiger partial charge in [0.1, 0.15) is 17.3 Å². The van der Waals surface area contributed by atoms with E-state index in [1.807, 2.05) is 0 Å². The Bertz CT molecular complexity index is 1160. The quantitative estimate of drug-likeness (QED) is 0.455. The number of alkyl halides is 3. The van der Waals surface area contributed by atoms with E-state index in [2.05, 4.69) is 15.5 Å². The maximum absolute atomic E-state index is 14.1. The lowest BCUT2D eigenvalue weighted by Crippen LogP contribution is -2.14. The topological polar surface area (TPSA) is 101 Å². The zero-order chi connectivity index (χ0) is 23.5. The standard InChI is InChI=1S/C22H20F4N4O2/c1-12-4-16(22(24,25)26)3-2-15(12)9-18(31)8-13-5-14(7-17(23)6-13)10-28-19-11-29-30-20(19)21(27)32/h2-7,11,28H,8-10H2,1H3,(H2,27,32)(H,29,30). The Hall–Kier alpha value is -3.69. The Kier molecular flexibility index (Phi) is 6.61. The van der Waals surface area contributed by atoms with Crippen LogP contribution in [0.15, 0.2) is 42.6 Å². The molecule has 0 unspecified atom stereocenters. The number of hydrogen-bond donors (Lipinski definition) is 3. The first kappa shape index (κ1) is 23.0. The summed E-state index contributed by atoms with van der Waals surface area (Å²) in [5.74, 6) is -1.50. The van der Waals surface area contributed by atoms with Gasteiger partial charge in [-0.2, -0.15) is 18.3 Å². The number of Topliss-reactive ketones (excluding diaryl/α,β-unsaturated/α-hetero) is 1. The highest BCUT2D eigenvalue weighted by Crippen LogP contribution is 2.30. The van der Waals surface area contributed by atoms with Crippen LogP contribution in [0, 0.1) is 12.7 Å². The lowest BCUT2D eigenvalue weighted by atomic mass is 9.97. The van der Waals surface area contributed by atoms with E-state index in [0.29, 0.717) is 27.9 Å². The number of amides is 1. The van der Waals surface area contributed by atoms with Crippen molar-refractivity contribution < 1.29 is 27.2 Å². The molecule has 0 aliphatic carbocycles. The highest BCUT2D eigenvalue weighted by molar-refractivity contribution is 5.96. The number of nitrogens with two attached hydrogens (primary N) is 1. The summed E-state index contributed by atoms with van der Waals surface area (Å²) in [4.78, 5) is 23.8. The van der Waals surface area contributed by atoms with Crippen LogP contribution in [-0.2, 0) is 30.4 Å². The Morgan fingerprint density at radius 2 is 1.81 bits per heavy atom. The molecule has 0 aliphatic heterocycles. The smallest absolute Gasteiger partial charge is 0.378 e. The number of carbonyl (C=O) groups is 2. The van der Waals surface area contributed by atoms with Crippen LogP contribution >= 0.6 is 0 Å². The van der Waals surface area contributed by atoms with Gasteiger partial charge in [0.05, 0.1) is 17.4 Å². The lowest BCUT2D eigenvalue weighted by Gasteiger charge is -2.11. The van der Waals surface area contributed by atoms with E-state index in [-0.39, 0.29) is 30.9 Å². The minimum atomic E-state index is -4.45. The first-order valence-corrected chi connectivity index (χ1v) is 9.56. The summed E-state index contributed by atoms with van der Waals surface area (Å²) in [5, 5.41) is 9.11. The summed E-state index contributed by atoms with van der Waals surface area (Å²) >= 11 is 0. The average Bonchev–Trinajstić information content (AvgIpc) is 3.15. The Labute approximate surface area is 180 Å². The Morgan fingerprint density at radius 1 is 1.09 bits per heavy atom. The average molecular weight is 448 g/mol.